The van der Waals surface area contributed by atoms with Crippen LogP contribution in [0.25, 0.3) is 0 Å². The number of carbonyl (C=O) groups is 1. The van der Waals surface area contributed by atoms with Crippen molar-refractivity contribution in [3.8, 4) is 0 Å². The molecule has 0 bridgehead atoms. The van der Waals surface area contributed by atoms with Gasteiger partial charge in [0.15, 0.2) is 5.85 Å². The van der Waals surface area contributed by atoms with Crippen LogP contribution in [0.15, 0.2) is 30.3 Å². The van der Waals surface area contributed by atoms with Gasteiger partial charge in [-0.15, -0.1) is 0 Å². The fourth-order valence-corrected chi connectivity index (χ4v) is 4.05. The molecule has 1 rings (SSSR count). The Bertz CT molecular complexity index is 591. The van der Waals surface area contributed by atoms with Crippen molar-refractivity contribution in [2.75, 3.05) is 13.2 Å². The Morgan fingerprint density at radius 1 is 1.15 bits per heavy atom. The van der Waals surface area contributed by atoms with Crippen LogP contribution in [0.1, 0.15) is 40.2 Å². The average Bonchev–Trinajstić information content (AvgIpc) is 2.53. The molecule has 0 fully saturated rings. The molecule has 0 aromatic heterocycles. The van der Waals surface area contributed by atoms with Crippen molar-refractivity contribution in [2.45, 2.75) is 58.5 Å². The maximum atomic E-state index is 12.9. The van der Waals surface area contributed by atoms with Crippen LogP contribution in [0.2, 0.25) is 0 Å². The summed E-state index contributed by atoms with van der Waals surface area (Å²) in [4.78, 5) is 12.2. The molecule has 1 amide bonds. The van der Waals surface area contributed by atoms with Crippen molar-refractivity contribution >= 4 is 13.7 Å². The van der Waals surface area contributed by atoms with E-state index < -0.39 is 31.2 Å². The second kappa shape index (κ2) is 10.1. The molecule has 2 atom stereocenters. The van der Waals surface area contributed by atoms with Crippen LogP contribution in [-0.2, 0) is 24.8 Å². The van der Waals surface area contributed by atoms with Gasteiger partial charge < -0.3 is 24.2 Å². The monoisotopic (exact) mass is 387 g/mol. The molecule has 0 aliphatic heterocycles. The van der Waals surface area contributed by atoms with E-state index in [9.17, 15) is 14.5 Å². The number of hydrogen-bond donors (Lipinski definition) is 2. The molecule has 0 saturated carbocycles. The second-order valence-electron chi connectivity index (χ2n) is 6.73. The van der Waals surface area contributed by atoms with Crippen LogP contribution in [0, 0.1) is 0 Å². The fraction of sp³-hybridized carbons (Fsp3) is 0.611. The quantitative estimate of drug-likeness (QED) is 0.628. The van der Waals surface area contributed by atoms with Crippen LogP contribution in [0.5, 0.6) is 0 Å². The SMILES string of the molecule is CCOP(=O)(OCC)[C@@H](O)[C@H](Cc1ccccc1)NC(=O)OC(C)(C)C. The summed E-state index contributed by atoms with van der Waals surface area (Å²) in [5.74, 6) is -1.53. The zero-order valence-corrected chi connectivity index (χ0v) is 17.0. The Morgan fingerprint density at radius 3 is 2.15 bits per heavy atom. The van der Waals surface area contributed by atoms with Gasteiger partial charge in [-0.3, -0.25) is 4.57 Å². The van der Waals surface area contributed by atoms with Crippen LogP contribution < -0.4 is 5.32 Å². The van der Waals surface area contributed by atoms with Gasteiger partial charge in [-0.1, -0.05) is 30.3 Å². The van der Waals surface area contributed by atoms with E-state index >= 15 is 0 Å². The molecule has 0 heterocycles. The normalized spacial score (nSPS) is 14.5. The molecule has 1 aromatic rings. The highest BCUT2D eigenvalue weighted by Crippen LogP contribution is 2.53. The van der Waals surface area contributed by atoms with Gasteiger partial charge in [0.1, 0.15) is 5.60 Å². The number of aliphatic hydroxyl groups is 1. The van der Waals surface area contributed by atoms with E-state index in [2.05, 4.69) is 5.32 Å². The fourth-order valence-electron chi connectivity index (χ4n) is 2.33. The highest BCUT2D eigenvalue weighted by molar-refractivity contribution is 7.54. The minimum absolute atomic E-state index is 0.110. The third-order valence-electron chi connectivity index (χ3n) is 3.30. The largest absolute Gasteiger partial charge is 0.444 e. The zero-order chi connectivity index (χ0) is 19.8. The van der Waals surface area contributed by atoms with Gasteiger partial charge >= 0.3 is 13.7 Å². The van der Waals surface area contributed by atoms with Gasteiger partial charge in [0, 0.05) is 0 Å². The number of amides is 1. The number of carbonyl (C=O) groups excluding carboxylic acids is 1. The third kappa shape index (κ3) is 7.46. The summed E-state index contributed by atoms with van der Waals surface area (Å²) in [7, 11) is -3.83. The Morgan fingerprint density at radius 2 is 1.69 bits per heavy atom. The average molecular weight is 387 g/mol. The molecule has 0 aliphatic rings. The molecular formula is C18H30NO6P. The van der Waals surface area contributed by atoms with Gasteiger partial charge in [-0.05, 0) is 46.6 Å². The second-order valence-corrected chi connectivity index (χ2v) is 8.86. The summed E-state index contributed by atoms with van der Waals surface area (Å²) >= 11 is 0. The molecule has 0 unspecified atom stereocenters. The predicted molar refractivity (Wildman–Crippen MR) is 100 cm³/mol. The predicted octanol–water partition coefficient (Wildman–Crippen LogP) is 3.71. The van der Waals surface area contributed by atoms with Crippen molar-refractivity contribution in [3.05, 3.63) is 35.9 Å². The van der Waals surface area contributed by atoms with E-state index in [4.69, 9.17) is 13.8 Å². The molecule has 0 radical (unpaired) electrons. The standard InChI is InChI=1S/C18H30NO6P/c1-6-23-26(22,24-7-2)16(20)15(13-14-11-9-8-10-12-14)19-17(21)25-18(3,4)5/h8-12,15-16,20H,6-7,13H2,1-5H3,(H,19,21)/t15-,16+/m0/s1. The summed E-state index contributed by atoms with van der Waals surface area (Å²) in [5, 5.41) is 13.3. The molecule has 8 heteroatoms. The van der Waals surface area contributed by atoms with Gasteiger partial charge in [-0.25, -0.2) is 4.79 Å². The topological polar surface area (TPSA) is 94.1 Å². The van der Waals surface area contributed by atoms with Crippen LogP contribution in [0.4, 0.5) is 4.79 Å². The van der Waals surface area contributed by atoms with Crippen LogP contribution in [0.3, 0.4) is 0 Å². The number of ether oxygens (including phenoxy) is 1. The van der Waals surface area contributed by atoms with E-state index in [-0.39, 0.29) is 19.6 Å². The van der Waals surface area contributed by atoms with Crippen molar-refractivity contribution in [3.63, 3.8) is 0 Å². The molecule has 0 saturated heterocycles. The van der Waals surface area contributed by atoms with Crippen molar-refractivity contribution in [1.29, 1.82) is 0 Å². The lowest BCUT2D eigenvalue weighted by atomic mass is 10.1. The highest BCUT2D eigenvalue weighted by atomic mass is 31.2. The van der Waals surface area contributed by atoms with Crippen molar-refractivity contribution in [2.24, 2.45) is 0 Å². The molecule has 148 valence electrons. The Balaban J connectivity index is 3.05. The first kappa shape index (κ1) is 22.6. The number of benzene rings is 1. The van der Waals surface area contributed by atoms with Crippen LogP contribution in [-0.4, -0.2) is 41.9 Å². The van der Waals surface area contributed by atoms with Gasteiger partial charge in [0.25, 0.3) is 0 Å². The first-order valence-electron chi connectivity index (χ1n) is 8.71. The summed E-state index contributed by atoms with van der Waals surface area (Å²) in [6, 6.07) is 8.34. The lowest BCUT2D eigenvalue weighted by Gasteiger charge is -2.30. The first-order valence-corrected chi connectivity index (χ1v) is 10.3. The lowest BCUT2D eigenvalue weighted by molar-refractivity contribution is 0.0450. The first-order chi connectivity index (χ1) is 12.1. The van der Waals surface area contributed by atoms with E-state index in [1.54, 1.807) is 34.6 Å². The Labute approximate surface area is 155 Å². The summed E-state index contributed by atoms with van der Waals surface area (Å²) < 4.78 is 28.6. The highest BCUT2D eigenvalue weighted by Gasteiger charge is 2.41. The summed E-state index contributed by atoms with van der Waals surface area (Å²) in [6.07, 6.45) is -0.470. The van der Waals surface area contributed by atoms with Gasteiger partial charge in [0.2, 0.25) is 0 Å². The smallest absolute Gasteiger partial charge is 0.407 e. The number of nitrogens with one attached hydrogen (secondary N) is 1. The summed E-state index contributed by atoms with van der Waals surface area (Å²) in [5.41, 5.74) is 0.155. The molecule has 26 heavy (non-hydrogen) atoms. The maximum absolute atomic E-state index is 12.9. The molecule has 0 aliphatic carbocycles. The minimum Gasteiger partial charge on any atom is -0.444 e. The van der Waals surface area contributed by atoms with Gasteiger partial charge in [-0.2, -0.15) is 0 Å². The minimum atomic E-state index is -3.83. The lowest BCUT2D eigenvalue weighted by Crippen LogP contribution is -2.47. The van der Waals surface area contributed by atoms with Gasteiger partial charge in [0.05, 0.1) is 19.3 Å². The van der Waals surface area contributed by atoms with E-state index in [1.165, 1.54) is 0 Å². The number of rotatable bonds is 9. The molecule has 7 nitrogen and oxygen atoms in total. The molecule has 1 aromatic carbocycles. The Hall–Kier alpha value is -1.40. The molecule has 0 spiro atoms. The molecular weight excluding hydrogens is 357 g/mol. The van der Waals surface area contributed by atoms with Crippen LogP contribution >= 0.6 is 7.60 Å². The maximum Gasteiger partial charge on any atom is 0.407 e. The number of hydrogen-bond acceptors (Lipinski definition) is 6. The number of aliphatic hydroxyl groups excluding tert-OH is 1. The van der Waals surface area contributed by atoms with E-state index in [0.717, 1.165) is 5.56 Å². The summed E-state index contributed by atoms with van der Waals surface area (Å²) in [6.45, 7) is 8.75. The van der Waals surface area contributed by atoms with E-state index in [1.807, 2.05) is 30.3 Å². The third-order valence-corrected chi connectivity index (χ3v) is 5.55. The van der Waals surface area contributed by atoms with E-state index in [0.29, 0.717) is 0 Å². The van der Waals surface area contributed by atoms with Crippen molar-refractivity contribution < 1.29 is 28.3 Å². The zero-order valence-electron chi connectivity index (χ0n) is 16.1. The van der Waals surface area contributed by atoms with Crippen molar-refractivity contribution in [1.82, 2.24) is 5.32 Å². The number of alkyl carbamates (subject to hydrolysis) is 1. The Kier molecular flexibility index (Phi) is 8.77. The molecule has 2 N–H and O–H groups in total.